The molecule has 0 aliphatic carbocycles. The van der Waals surface area contributed by atoms with E-state index in [1.165, 1.54) is 6.07 Å². The zero-order chi connectivity index (χ0) is 14.4. The summed E-state index contributed by atoms with van der Waals surface area (Å²) in [5, 5.41) is 14.2. The van der Waals surface area contributed by atoms with Crippen molar-refractivity contribution in [3.05, 3.63) is 33.9 Å². The Morgan fingerprint density at radius 1 is 1.42 bits per heavy atom. The minimum Gasteiger partial charge on any atom is -0.487 e. The van der Waals surface area contributed by atoms with Gasteiger partial charge in [0.05, 0.1) is 11.5 Å². The fraction of sp³-hybridized carbons (Fsp3) is 0.571. The van der Waals surface area contributed by atoms with E-state index >= 15 is 0 Å². The van der Waals surface area contributed by atoms with Crippen LogP contribution in [0.1, 0.15) is 26.3 Å². The van der Waals surface area contributed by atoms with Crippen LogP contribution in [0, 0.1) is 16.0 Å². The number of benzene rings is 1. The molecule has 0 radical (unpaired) electrons. The highest BCUT2D eigenvalue weighted by Gasteiger charge is 2.17. The van der Waals surface area contributed by atoms with E-state index in [9.17, 15) is 10.1 Å². The van der Waals surface area contributed by atoms with Crippen LogP contribution in [-0.2, 0) is 6.42 Å². The summed E-state index contributed by atoms with van der Waals surface area (Å²) >= 11 is 0. The molecule has 0 bridgehead atoms. The molecule has 1 N–H and O–H groups in total. The monoisotopic (exact) mass is 266 g/mol. The van der Waals surface area contributed by atoms with Gasteiger partial charge in [-0.3, -0.25) is 10.1 Å². The normalized spacial score (nSPS) is 12.5. The Balaban J connectivity index is 2.97. The van der Waals surface area contributed by atoms with Crippen molar-refractivity contribution in [2.24, 2.45) is 5.92 Å². The first-order valence-corrected chi connectivity index (χ1v) is 6.57. The summed E-state index contributed by atoms with van der Waals surface area (Å²) < 4.78 is 5.35. The van der Waals surface area contributed by atoms with Gasteiger partial charge in [0.25, 0.3) is 0 Å². The zero-order valence-corrected chi connectivity index (χ0v) is 12.0. The van der Waals surface area contributed by atoms with E-state index in [1.807, 2.05) is 14.0 Å². The number of nitro groups is 1. The third-order valence-corrected chi connectivity index (χ3v) is 3.15. The fourth-order valence-corrected chi connectivity index (χ4v) is 2.03. The molecule has 5 nitrogen and oxygen atoms in total. The molecule has 1 atom stereocenters. The van der Waals surface area contributed by atoms with Crippen LogP contribution in [0.3, 0.4) is 0 Å². The average molecular weight is 266 g/mol. The standard InChI is InChI=1S/C14H22N2O3/c1-5-19-14-9-11(6-7-13(14)16(17)18)8-12(15-4)10(2)3/h6-7,9-10,12,15H,5,8H2,1-4H3. The third-order valence-electron chi connectivity index (χ3n) is 3.15. The van der Waals surface area contributed by atoms with Crippen LogP contribution >= 0.6 is 0 Å². The zero-order valence-electron chi connectivity index (χ0n) is 12.0. The second-order valence-electron chi connectivity index (χ2n) is 4.84. The van der Waals surface area contributed by atoms with Gasteiger partial charge in [0.15, 0.2) is 5.75 Å². The highest BCUT2D eigenvalue weighted by Crippen LogP contribution is 2.28. The Morgan fingerprint density at radius 3 is 2.58 bits per heavy atom. The molecule has 1 aromatic rings. The summed E-state index contributed by atoms with van der Waals surface area (Å²) in [6, 6.07) is 5.44. The van der Waals surface area contributed by atoms with Gasteiger partial charge in [0.2, 0.25) is 0 Å². The van der Waals surface area contributed by atoms with E-state index in [0.29, 0.717) is 24.3 Å². The first kappa shape index (κ1) is 15.4. The number of ether oxygens (including phenoxy) is 1. The SMILES string of the molecule is CCOc1cc(CC(NC)C(C)C)ccc1[N+](=O)[O-]. The predicted octanol–water partition coefficient (Wildman–Crippen LogP) is 2.78. The maximum Gasteiger partial charge on any atom is 0.310 e. The first-order valence-electron chi connectivity index (χ1n) is 6.57. The van der Waals surface area contributed by atoms with Crippen molar-refractivity contribution < 1.29 is 9.66 Å². The number of likely N-dealkylation sites (N-methyl/N-ethyl adjacent to an activating group) is 1. The molecule has 106 valence electrons. The molecule has 0 heterocycles. The van der Waals surface area contributed by atoms with Crippen molar-refractivity contribution in [1.29, 1.82) is 0 Å². The second kappa shape index (κ2) is 7.09. The molecule has 0 saturated carbocycles. The molecule has 0 spiro atoms. The number of hydrogen-bond acceptors (Lipinski definition) is 4. The Morgan fingerprint density at radius 2 is 2.11 bits per heavy atom. The molecule has 0 amide bonds. The van der Waals surface area contributed by atoms with Crippen molar-refractivity contribution in [2.75, 3.05) is 13.7 Å². The topological polar surface area (TPSA) is 64.4 Å². The lowest BCUT2D eigenvalue weighted by Gasteiger charge is -2.20. The van der Waals surface area contributed by atoms with Gasteiger partial charge in [0, 0.05) is 12.1 Å². The van der Waals surface area contributed by atoms with Gasteiger partial charge in [0.1, 0.15) is 0 Å². The van der Waals surface area contributed by atoms with E-state index in [1.54, 1.807) is 12.1 Å². The van der Waals surface area contributed by atoms with Crippen LogP contribution in [0.2, 0.25) is 0 Å². The lowest BCUT2D eigenvalue weighted by Crippen LogP contribution is -2.32. The maximum absolute atomic E-state index is 10.9. The molecule has 0 saturated heterocycles. The molecule has 0 fully saturated rings. The van der Waals surface area contributed by atoms with Crippen molar-refractivity contribution in [3.63, 3.8) is 0 Å². The second-order valence-corrected chi connectivity index (χ2v) is 4.84. The van der Waals surface area contributed by atoms with Gasteiger partial charge < -0.3 is 10.1 Å². The van der Waals surface area contributed by atoms with Crippen molar-refractivity contribution >= 4 is 5.69 Å². The van der Waals surface area contributed by atoms with Gasteiger partial charge in [-0.25, -0.2) is 0 Å². The van der Waals surface area contributed by atoms with Crippen LogP contribution < -0.4 is 10.1 Å². The van der Waals surface area contributed by atoms with E-state index in [0.717, 1.165) is 12.0 Å². The molecule has 19 heavy (non-hydrogen) atoms. The van der Waals surface area contributed by atoms with Crippen LogP contribution in [0.4, 0.5) is 5.69 Å². The van der Waals surface area contributed by atoms with Gasteiger partial charge in [-0.05, 0) is 37.9 Å². The highest BCUT2D eigenvalue weighted by atomic mass is 16.6. The van der Waals surface area contributed by atoms with E-state index in [-0.39, 0.29) is 5.69 Å². The van der Waals surface area contributed by atoms with Gasteiger partial charge in [-0.1, -0.05) is 19.9 Å². The van der Waals surface area contributed by atoms with Crippen molar-refractivity contribution in [3.8, 4) is 5.75 Å². The van der Waals surface area contributed by atoms with Gasteiger partial charge in [-0.15, -0.1) is 0 Å². The minimum atomic E-state index is -0.410. The number of rotatable bonds is 7. The highest BCUT2D eigenvalue weighted by molar-refractivity contribution is 5.48. The summed E-state index contributed by atoms with van der Waals surface area (Å²) in [7, 11) is 1.93. The van der Waals surface area contributed by atoms with Crippen LogP contribution in [-0.4, -0.2) is 24.6 Å². The summed E-state index contributed by atoms with van der Waals surface area (Å²) in [5.41, 5.74) is 1.07. The summed E-state index contributed by atoms with van der Waals surface area (Å²) in [6.07, 6.45) is 0.826. The lowest BCUT2D eigenvalue weighted by molar-refractivity contribution is -0.385. The van der Waals surface area contributed by atoms with E-state index in [2.05, 4.69) is 19.2 Å². The number of nitro benzene ring substituents is 1. The Kier molecular flexibility index (Phi) is 5.76. The number of hydrogen-bond donors (Lipinski definition) is 1. The molecule has 0 aromatic heterocycles. The van der Waals surface area contributed by atoms with E-state index in [4.69, 9.17) is 4.74 Å². The molecule has 1 rings (SSSR count). The predicted molar refractivity (Wildman–Crippen MR) is 75.7 cm³/mol. The first-order chi connectivity index (χ1) is 8.99. The Hall–Kier alpha value is -1.62. The largest absolute Gasteiger partial charge is 0.487 e. The molecular weight excluding hydrogens is 244 g/mol. The molecule has 0 aliphatic heterocycles. The molecular formula is C14H22N2O3. The maximum atomic E-state index is 10.9. The third kappa shape index (κ3) is 4.21. The van der Waals surface area contributed by atoms with E-state index < -0.39 is 4.92 Å². The number of nitrogens with one attached hydrogen (secondary N) is 1. The molecule has 1 aromatic carbocycles. The smallest absolute Gasteiger partial charge is 0.310 e. The van der Waals surface area contributed by atoms with Gasteiger partial charge >= 0.3 is 5.69 Å². The summed E-state index contributed by atoms with van der Waals surface area (Å²) in [5.74, 6) is 0.847. The van der Waals surface area contributed by atoms with Crippen molar-refractivity contribution in [1.82, 2.24) is 5.32 Å². The van der Waals surface area contributed by atoms with Crippen LogP contribution in [0.5, 0.6) is 5.75 Å². The van der Waals surface area contributed by atoms with Crippen LogP contribution in [0.15, 0.2) is 18.2 Å². The fourth-order valence-electron chi connectivity index (χ4n) is 2.03. The lowest BCUT2D eigenvalue weighted by atomic mass is 9.96. The van der Waals surface area contributed by atoms with Crippen molar-refractivity contribution in [2.45, 2.75) is 33.2 Å². The molecule has 1 unspecified atom stereocenters. The Bertz CT molecular complexity index is 433. The van der Waals surface area contributed by atoms with Crippen LogP contribution in [0.25, 0.3) is 0 Å². The molecule has 5 heteroatoms. The summed E-state index contributed by atoms with van der Waals surface area (Å²) in [6.45, 7) is 6.54. The summed E-state index contributed by atoms with van der Waals surface area (Å²) in [4.78, 5) is 10.5. The quantitative estimate of drug-likeness (QED) is 0.609. The minimum absolute atomic E-state index is 0.0242. The average Bonchev–Trinajstić information content (AvgIpc) is 2.35. The number of nitrogens with zero attached hydrogens (tertiary/aromatic N) is 1. The molecule has 0 aliphatic rings. The van der Waals surface area contributed by atoms with Gasteiger partial charge in [-0.2, -0.15) is 0 Å². The Labute approximate surface area is 114 Å².